The van der Waals surface area contributed by atoms with Gasteiger partial charge in [0, 0.05) is 0 Å². The van der Waals surface area contributed by atoms with Crippen molar-refractivity contribution >= 4 is 0 Å². The lowest BCUT2D eigenvalue weighted by Gasteiger charge is -2.30. The molecule has 1 unspecified atom stereocenters. The van der Waals surface area contributed by atoms with E-state index in [1.807, 2.05) is 0 Å². The molecule has 0 amide bonds. The Balaban J connectivity index is 2.45. The number of rotatable bonds is 14. The van der Waals surface area contributed by atoms with E-state index < -0.39 is 0 Å². The van der Waals surface area contributed by atoms with Crippen LogP contribution in [0.4, 0.5) is 0 Å². The summed E-state index contributed by atoms with van der Waals surface area (Å²) in [5.41, 5.74) is 3.87. The molecule has 0 saturated heterocycles. The van der Waals surface area contributed by atoms with Crippen LogP contribution in [-0.2, 0) is 10.8 Å². The predicted molar refractivity (Wildman–Crippen MR) is 140 cm³/mol. The number of benzene rings is 1. The van der Waals surface area contributed by atoms with Gasteiger partial charge in [0.2, 0.25) is 0 Å². The summed E-state index contributed by atoms with van der Waals surface area (Å²) in [5, 5.41) is 10.7. The molecule has 1 aromatic rings. The summed E-state index contributed by atoms with van der Waals surface area (Å²) in [7, 11) is 0. The molecule has 0 aromatic heterocycles. The third kappa shape index (κ3) is 10.5. The smallest absolute Gasteiger partial charge is 0.119 e. The molecule has 0 spiro atoms. The average Bonchev–Trinajstić information content (AvgIpc) is 2.66. The van der Waals surface area contributed by atoms with Crippen molar-refractivity contribution in [1.29, 1.82) is 0 Å². The van der Waals surface area contributed by atoms with Gasteiger partial charge in [-0.25, -0.2) is 0 Å². The van der Waals surface area contributed by atoms with Gasteiger partial charge in [0.1, 0.15) is 5.75 Å². The molecule has 0 saturated carbocycles. The highest BCUT2D eigenvalue weighted by atomic mass is 16.3. The van der Waals surface area contributed by atoms with Gasteiger partial charge in [-0.05, 0) is 45.9 Å². The van der Waals surface area contributed by atoms with E-state index in [0.29, 0.717) is 11.7 Å². The van der Waals surface area contributed by atoms with Crippen LogP contribution in [-0.4, -0.2) is 5.11 Å². The molecule has 1 rings (SSSR count). The topological polar surface area (TPSA) is 20.2 Å². The number of unbranched alkanes of at least 4 members (excludes halogenated alkanes) is 11. The quantitative estimate of drug-likeness (QED) is 0.291. The average molecular weight is 431 g/mol. The maximum atomic E-state index is 10.7. The minimum Gasteiger partial charge on any atom is -0.508 e. The van der Waals surface area contributed by atoms with Gasteiger partial charge in [-0.3, -0.25) is 0 Å². The Morgan fingerprint density at radius 1 is 0.645 bits per heavy atom. The van der Waals surface area contributed by atoms with Gasteiger partial charge in [0.25, 0.3) is 0 Å². The molecule has 1 N–H and O–H groups in total. The summed E-state index contributed by atoms with van der Waals surface area (Å²) >= 11 is 0. The zero-order chi connectivity index (χ0) is 23.5. The molecule has 0 aliphatic rings. The second kappa shape index (κ2) is 13.5. The third-order valence-electron chi connectivity index (χ3n) is 6.81. The molecule has 31 heavy (non-hydrogen) atoms. The Labute approximate surface area is 195 Å². The van der Waals surface area contributed by atoms with E-state index in [2.05, 4.69) is 67.5 Å². The van der Waals surface area contributed by atoms with E-state index in [4.69, 9.17) is 0 Å². The summed E-state index contributed by atoms with van der Waals surface area (Å²) in [5.74, 6) is 0.967. The number of phenols is 1. The fraction of sp³-hybridized carbons (Fsp3) is 0.800. The number of aromatic hydroxyl groups is 1. The van der Waals surface area contributed by atoms with Crippen molar-refractivity contribution in [2.75, 3.05) is 0 Å². The Morgan fingerprint density at radius 3 is 1.48 bits per heavy atom. The van der Waals surface area contributed by atoms with E-state index in [-0.39, 0.29) is 10.8 Å². The molecule has 180 valence electrons. The second-order valence-corrected chi connectivity index (χ2v) is 12.0. The van der Waals surface area contributed by atoms with Crippen molar-refractivity contribution in [3.05, 3.63) is 28.8 Å². The number of hydrogen-bond acceptors (Lipinski definition) is 1. The Hall–Kier alpha value is -0.980. The van der Waals surface area contributed by atoms with Crippen LogP contribution in [0.5, 0.6) is 5.75 Å². The highest BCUT2D eigenvalue weighted by Crippen LogP contribution is 2.40. The molecule has 1 heteroatoms. The molecule has 1 aromatic carbocycles. The lowest BCUT2D eigenvalue weighted by Crippen LogP contribution is -2.19. The molecule has 0 aliphatic carbocycles. The van der Waals surface area contributed by atoms with E-state index >= 15 is 0 Å². The molecular formula is C30H54O. The normalized spacial score (nSPS) is 13.5. The summed E-state index contributed by atoms with van der Waals surface area (Å²) in [6.07, 6.45) is 18.0. The zero-order valence-corrected chi connectivity index (χ0v) is 22.4. The molecule has 0 aliphatic heterocycles. The van der Waals surface area contributed by atoms with E-state index in [9.17, 15) is 5.11 Å². The van der Waals surface area contributed by atoms with Gasteiger partial charge in [-0.1, -0.05) is 139 Å². The zero-order valence-electron chi connectivity index (χ0n) is 22.4. The maximum Gasteiger partial charge on any atom is 0.119 e. The Morgan fingerprint density at radius 2 is 1.06 bits per heavy atom. The largest absolute Gasteiger partial charge is 0.508 e. The molecule has 1 atom stereocenters. The lowest BCUT2D eigenvalue weighted by molar-refractivity contribution is 0.441. The molecule has 0 bridgehead atoms. The van der Waals surface area contributed by atoms with E-state index in [0.717, 1.165) is 5.56 Å². The van der Waals surface area contributed by atoms with Crippen molar-refractivity contribution < 1.29 is 5.11 Å². The van der Waals surface area contributed by atoms with Crippen LogP contribution in [0.2, 0.25) is 0 Å². The van der Waals surface area contributed by atoms with Gasteiger partial charge in [-0.2, -0.15) is 0 Å². The third-order valence-corrected chi connectivity index (χ3v) is 6.81. The first-order valence-corrected chi connectivity index (χ1v) is 13.4. The first kappa shape index (κ1) is 28.1. The fourth-order valence-corrected chi connectivity index (χ4v) is 4.71. The van der Waals surface area contributed by atoms with Crippen LogP contribution in [0.3, 0.4) is 0 Å². The van der Waals surface area contributed by atoms with Gasteiger partial charge < -0.3 is 5.11 Å². The summed E-state index contributed by atoms with van der Waals surface area (Å²) in [4.78, 5) is 0. The van der Waals surface area contributed by atoms with Crippen molar-refractivity contribution in [1.82, 2.24) is 0 Å². The van der Waals surface area contributed by atoms with Crippen molar-refractivity contribution in [3.63, 3.8) is 0 Å². The minimum atomic E-state index is -0.0403. The summed E-state index contributed by atoms with van der Waals surface area (Å²) < 4.78 is 0. The van der Waals surface area contributed by atoms with E-state index in [1.54, 1.807) is 0 Å². The number of hydrogen-bond donors (Lipinski definition) is 1. The second-order valence-electron chi connectivity index (χ2n) is 12.0. The Kier molecular flexibility index (Phi) is 12.3. The van der Waals surface area contributed by atoms with Crippen LogP contribution in [0.1, 0.15) is 161 Å². The minimum absolute atomic E-state index is 0.0403. The van der Waals surface area contributed by atoms with Crippen LogP contribution < -0.4 is 0 Å². The van der Waals surface area contributed by atoms with Gasteiger partial charge in [0.15, 0.2) is 0 Å². The predicted octanol–water partition coefficient (Wildman–Crippen LogP) is 10.2. The molecule has 0 heterocycles. The SMILES string of the molecule is CCCCCCCCCCCCCCC(C)c1cc(O)c(C(C)(C)C)cc1C(C)(C)C. The Bertz CT molecular complexity index is 615. The molecule has 0 radical (unpaired) electrons. The standard InChI is InChI=1S/C30H54O/c1-9-10-11-12-13-14-15-16-17-18-19-20-21-24(2)25-22-28(31)27(30(6,7)8)23-26(25)29(3,4)5/h22-24,31H,9-21H2,1-8H3. The highest BCUT2D eigenvalue weighted by molar-refractivity contribution is 5.48. The van der Waals surface area contributed by atoms with Gasteiger partial charge in [-0.15, -0.1) is 0 Å². The number of phenolic OH excluding ortho intramolecular Hbond substituents is 1. The monoisotopic (exact) mass is 430 g/mol. The molecular weight excluding hydrogens is 376 g/mol. The van der Waals surface area contributed by atoms with Crippen LogP contribution >= 0.6 is 0 Å². The molecule has 1 nitrogen and oxygen atoms in total. The van der Waals surface area contributed by atoms with Gasteiger partial charge >= 0.3 is 0 Å². The fourth-order valence-electron chi connectivity index (χ4n) is 4.71. The lowest BCUT2D eigenvalue weighted by atomic mass is 9.75. The first-order chi connectivity index (χ1) is 14.5. The van der Waals surface area contributed by atoms with E-state index in [1.165, 1.54) is 94.6 Å². The summed E-state index contributed by atoms with van der Waals surface area (Å²) in [6, 6.07) is 4.36. The van der Waals surface area contributed by atoms with Crippen molar-refractivity contribution in [3.8, 4) is 5.75 Å². The van der Waals surface area contributed by atoms with Crippen LogP contribution in [0, 0.1) is 0 Å². The summed E-state index contributed by atoms with van der Waals surface area (Å²) in [6.45, 7) is 18.1. The molecule has 0 fully saturated rings. The van der Waals surface area contributed by atoms with Crippen LogP contribution in [0.15, 0.2) is 12.1 Å². The van der Waals surface area contributed by atoms with Crippen molar-refractivity contribution in [2.45, 2.75) is 156 Å². The van der Waals surface area contributed by atoms with Gasteiger partial charge in [0.05, 0.1) is 0 Å². The highest BCUT2D eigenvalue weighted by Gasteiger charge is 2.26. The van der Waals surface area contributed by atoms with Crippen molar-refractivity contribution in [2.24, 2.45) is 0 Å². The van der Waals surface area contributed by atoms with Crippen LogP contribution in [0.25, 0.3) is 0 Å². The maximum absolute atomic E-state index is 10.7. The first-order valence-electron chi connectivity index (χ1n) is 13.4.